The Morgan fingerprint density at radius 2 is 1.85 bits per heavy atom. The predicted molar refractivity (Wildman–Crippen MR) is 102 cm³/mol. The number of nitrogens with zero attached hydrogens (tertiary/aromatic N) is 3. The molecule has 0 radical (unpaired) electrons. The van der Waals surface area contributed by atoms with Crippen LogP contribution in [0.4, 0.5) is 0 Å². The van der Waals surface area contributed by atoms with Gasteiger partial charge in [-0.3, -0.25) is 13.5 Å². The van der Waals surface area contributed by atoms with Crippen LogP contribution >= 0.6 is 23.4 Å². The molecule has 0 amide bonds. The summed E-state index contributed by atoms with van der Waals surface area (Å²) in [6, 6.07) is 12.2. The number of thioether (sulfide) groups is 1. The summed E-state index contributed by atoms with van der Waals surface area (Å²) < 4.78 is 33.7. The van der Waals surface area contributed by atoms with Crippen LogP contribution in [0.2, 0.25) is 5.15 Å². The van der Waals surface area contributed by atoms with Crippen molar-refractivity contribution >= 4 is 39.3 Å². The first-order valence-corrected chi connectivity index (χ1v) is 10.3. The molecule has 2 heterocycles. The molecule has 0 aliphatic heterocycles. The molecule has 3 rings (SSSR count). The fourth-order valence-electron chi connectivity index (χ4n) is 2.21. The molecule has 2 aromatic heterocycles. The fraction of sp³-hybridized carbons (Fsp3) is 0.250. The molecule has 10 heteroatoms. The van der Waals surface area contributed by atoms with E-state index in [9.17, 15) is 0 Å². The number of aromatic nitrogens is 3. The second kappa shape index (κ2) is 8.83. The Morgan fingerprint density at radius 1 is 1.23 bits per heavy atom. The second-order valence-electron chi connectivity index (χ2n) is 5.61. The fourth-order valence-corrected chi connectivity index (χ4v) is 3.43. The molecule has 2 N–H and O–H groups in total. The molecule has 0 fully saturated rings. The van der Waals surface area contributed by atoms with E-state index in [1.54, 1.807) is 11.8 Å². The van der Waals surface area contributed by atoms with E-state index >= 15 is 0 Å². The Hall–Kier alpha value is -1.65. The Bertz CT molecular complexity index is 968. The summed E-state index contributed by atoms with van der Waals surface area (Å²) in [5.41, 5.74) is 2.26. The van der Waals surface area contributed by atoms with Crippen LogP contribution in [0.25, 0.3) is 5.52 Å². The van der Waals surface area contributed by atoms with Crippen LogP contribution < -0.4 is 0 Å². The predicted octanol–water partition coefficient (Wildman–Crippen LogP) is 4.15. The Kier molecular flexibility index (Phi) is 7.01. The molecule has 0 aliphatic rings. The lowest BCUT2D eigenvalue weighted by Gasteiger charge is -2.10. The van der Waals surface area contributed by atoms with Crippen LogP contribution in [0.5, 0.6) is 0 Å². The van der Waals surface area contributed by atoms with Crippen molar-refractivity contribution in [1.82, 2.24) is 14.4 Å². The lowest BCUT2D eigenvalue weighted by atomic mass is 10.2. The molecule has 0 saturated heterocycles. The third-order valence-electron chi connectivity index (χ3n) is 3.20. The smallest absolute Gasteiger partial charge is 0.275 e. The molecule has 0 atom stereocenters. The highest BCUT2D eigenvalue weighted by Gasteiger charge is 2.13. The summed E-state index contributed by atoms with van der Waals surface area (Å²) in [7, 11) is -4.67. The minimum Gasteiger partial charge on any atom is -0.275 e. The third-order valence-corrected chi connectivity index (χ3v) is 4.41. The zero-order chi connectivity index (χ0) is 19.3. The molecule has 7 nitrogen and oxygen atoms in total. The van der Waals surface area contributed by atoms with Gasteiger partial charge < -0.3 is 0 Å². The quantitative estimate of drug-likeness (QED) is 0.285. The molecule has 140 valence electrons. The Balaban J connectivity index is 0.000000431. The van der Waals surface area contributed by atoms with Crippen molar-refractivity contribution in [3.8, 4) is 0 Å². The van der Waals surface area contributed by atoms with Crippen molar-refractivity contribution in [3.05, 3.63) is 59.1 Å². The zero-order valence-corrected chi connectivity index (χ0v) is 16.5. The molecule has 0 saturated carbocycles. The molecule has 0 aliphatic carbocycles. The van der Waals surface area contributed by atoms with Gasteiger partial charge in [0.1, 0.15) is 11.0 Å². The van der Waals surface area contributed by atoms with Gasteiger partial charge in [-0.2, -0.15) is 8.42 Å². The molecule has 0 unspecified atom stereocenters. The number of rotatable bonds is 4. The van der Waals surface area contributed by atoms with E-state index in [0.717, 1.165) is 22.3 Å². The van der Waals surface area contributed by atoms with Crippen LogP contribution in [-0.4, -0.2) is 31.9 Å². The van der Waals surface area contributed by atoms with Gasteiger partial charge in [-0.05, 0) is 5.56 Å². The molecule has 0 bridgehead atoms. The number of hydrogen-bond acceptors (Lipinski definition) is 5. The summed E-state index contributed by atoms with van der Waals surface area (Å²) in [5, 5.41) is 1.40. The van der Waals surface area contributed by atoms with E-state index in [2.05, 4.69) is 40.3 Å². The largest absolute Gasteiger partial charge is 0.394 e. The van der Waals surface area contributed by atoms with Crippen molar-refractivity contribution in [1.29, 1.82) is 0 Å². The van der Waals surface area contributed by atoms with Gasteiger partial charge in [-0.1, -0.05) is 67.5 Å². The van der Waals surface area contributed by atoms with Gasteiger partial charge in [0.05, 0.1) is 11.7 Å². The summed E-state index contributed by atoms with van der Waals surface area (Å²) >= 11 is 7.81. The maximum Gasteiger partial charge on any atom is 0.394 e. The van der Waals surface area contributed by atoms with Crippen LogP contribution in [-0.2, 0) is 16.2 Å². The lowest BCUT2D eigenvalue weighted by Crippen LogP contribution is -2.02. The minimum absolute atomic E-state index is 0.339. The zero-order valence-electron chi connectivity index (χ0n) is 14.1. The molecule has 26 heavy (non-hydrogen) atoms. The Morgan fingerprint density at radius 3 is 2.42 bits per heavy atom. The monoisotopic (exact) mass is 415 g/mol. The number of fused-ring (bicyclic) bond motifs is 1. The van der Waals surface area contributed by atoms with Gasteiger partial charge in [-0.25, -0.2) is 9.97 Å². The van der Waals surface area contributed by atoms with E-state index in [1.165, 1.54) is 5.56 Å². The van der Waals surface area contributed by atoms with Gasteiger partial charge in [0.25, 0.3) is 0 Å². The van der Waals surface area contributed by atoms with Crippen molar-refractivity contribution in [2.24, 2.45) is 0 Å². The second-order valence-corrected chi connectivity index (χ2v) is 7.84. The minimum atomic E-state index is -4.67. The van der Waals surface area contributed by atoms with Crippen LogP contribution in [0.1, 0.15) is 31.2 Å². The first-order valence-electron chi connectivity index (χ1n) is 7.55. The van der Waals surface area contributed by atoms with E-state index in [0.29, 0.717) is 11.1 Å². The first-order chi connectivity index (χ1) is 12.1. The van der Waals surface area contributed by atoms with Gasteiger partial charge in [-0.15, -0.1) is 0 Å². The van der Waals surface area contributed by atoms with E-state index in [4.69, 9.17) is 29.1 Å². The summed E-state index contributed by atoms with van der Waals surface area (Å²) in [4.78, 5) is 8.99. The maximum atomic E-state index is 8.74. The highest BCUT2D eigenvalue weighted by Crippen LogP contribution is 2.27. The molecular formula is C16H18ClN3O4S2. The number of halogens is 1. The highest BCUT2D eigenvalue weighted by molar-refractivity contribution is 7.98. The highest BCUT2D eigenvalue weighted by atomic mass is 35.5. The molecule has 3 aromatic rings. The average molecular weight is 416 g/mol. The Labute approximate surface area is 161 Å². The topological polar surface area (TPSA) is 105 Å². The van der Waals surface area contributed by atoms with Crippen LogP contribution in [0.3, 0.4) is 0 Å². The van der Waals surface area contributed by atoms with Crippen LogP contribution in [0.15, 0.2) is 47.8 Å². The third kappa shape index (κ3) is 6.26. The van der Waals surface area contributed by atoms with Gasteiger partial charge in [0.2, 0.25) is 0 Å². The number of hydrogen-bond donors (Lipinski definition) is 2. The van der Waals surface area contributed by atoms with E-state index in [1.807, 2.05) is 30.5 Å². The van der Waals surface area contributed by atoms with Crippen molar-refractivity contribution < 1.29 is 17.5 Å². The van der Waals surface area contributed by atoms with Crippen molar-refractivity contribution in [3.63, 3.8) is 0 Å². The molecule has 1 aromatic carbocycles. The SMILES string of the molecule is CC(C)c1ncc2cc(Cl)nc(SCc3ccccc3)n12.O=S(=O)(O)O. The lowest BCUT2D eigenvalue weighted by molar-refractivity contribution is 0.381. The van der Waals surface area contributed by atoms with E-state index in [-0.39, 0.29) is 0 Å². The van der Waals surface area contributed by atoms with Crippen LogP contribution in [0, 0.1) is 0 Å². The average Bonchev–Trinajstić information content (AvgIpc) is 2.96. The first kappa shape index (κ1) is 20.7. The standard InChI is InChI=1S/C16H16ClN3S.H2O4S/c1-11(2)15-18-9-13-8-14(17)19-16(20(13)15)21-10-12-6-4-3-5-7-12;1-5(2,3)4/h3-9,11H,10H2,1-2H3;(H2,1,2,3,4). The summed E-state index contributed by atoms with van der Waals surface area (Å²) in [6.45, 7) is 4.27. The van der Waals surface area contributed by atoms with E-state index < -0.39 is 10.4 Å². The van der Waals surface area contributed by atoms with Crippen molar-refractivity contribution in [2.45, 2.75) is 30.7 Å². The van der Waals surface area contributed by atoms with Gasteiger partial charge >= 0.3 is 10.4 Å². The number of imidazole rings is 1. The molecule has 0 spiro atoms. The summed E-state index contributed by atoms with van der Waals surface area (Å²) in [5.74, 6) is 2.22. The van der Waals surface area contributed by atoms with Gasteiger partial charge in [0.15, 0.2) is 5.16 Å². The normalized spacial score (nSPS) is 11.5. The number of benzene rings is 1. The summed E-state index contributed by atoms with van der Waals surface area (Å²) in [6.07, 6.45) is 1.86. The van der Waals surface area contributed by atoms with Gasteiger partial charge in [0, 0.05) is 17.7 Å². The maximum absolute atomic E-state index is 8.74. The van der Waals surface area contributed by atoms with Crippen molar-refractivity contribution in [2.75, 3.05) is 0 Å². The molecular weight excluding hydrogens is 398 g/mol.